The first-order chi connectivity index (χ1) is 11.6. The lowest BCUT2D eigenvalue weighted by Gasteiger charge is -2.17. The van der Waals surface area contributed by atoms with Gasteiger partial charge in [0.25, 0.3) is 5.91 Å². The first-order valence-electron chi connectivity index (χ1n) is 7.57. The van der Waals surface area contributed by atoms with Gasteiger partial charge >= 0.3 is 0 Å². The molecule has 0 unspecified atom stereocenters. The van der Waals surface area contributed by atoms with E-state index in [4.69, 9.17) is 16.3 Å². The van der Waals surface area contributed by atoms with Gasteiger partial charge in [0.15, 0.2) is 0 Å². The Balaban J connectivity index is 1.65. The van der Waals surface area contributed by atoms with Gasteiger partial charge in [-0.25, -0.2) is 0 Å². The van der Waals surface area contributed by atoms with E-state index >= 15 is 0 Å². The molecule has 3 rings (SSSR count). The number of hydrogen-bond donors (Lipinski definition) is 1. The molecule has 124 valence electrons. The molecule has 5 nitrogen and oxygen atoms in total. The van der Waals surface area contributed by atoms with Crippen molar-refractivity contribution in [2.75, 3.05) is 18.6 Å². The fourth-order valence-electron chi connectivity index (χ4n) is 2.69. The second-order valence-corrected chi connectivity index (χ2v) is 6.02. The molecule has 24 heavy (non-hydrogen) atoms. The number of nitrogens with zero attached hydrogens (tertiary/aromatic N) is 1. The molecule has 0 bridgehead atoms. The highest BCUT2D eigenvalue weighted by molar-refractivity contribution is 6.30. The standard InChI is InChI=1S/C18H17ClN2O3/c1-24-16-8-6-15(7-9-16)21-11-14(10-17(21)22)20-18(23)12-2-4-13(19)5-3-12/h2-9,14H,10-11H2,1H3,(H,20,23)/t14-/m1/s1. The average Bonchev–Trinajstić information content (AvgIpc) is 2.95. The highest BCUT2D eigenvalue weighted by Gasteiger charge is 2.31. The number of anilines is 1. The maximum atomic E-state index is 12.2. The molecule has 0 saturated carbocycles. The molecule has 1 N–H and O–H groups in total. The molecule has 0 aromatic heterocycles. The SMILES string of the molecule is COc1ccc(N2C[C@H](NC(=O)c3ccc(Cl)cc3)CC2=O)cc1. The van der Waals surface area contributed by atoms with Gasteiger partial charge in [0, 0.05) is 29.2 Å². The Morgan fingerprint density at radius 1 is 1.17 bits per heavy atom. The number of benzene rings is 2. The van der Waals surface area contributed by atoms with E-state index in [1.54, 1.807) is 36.3 Å². The molecule has 2 amide bonds. The van der Waals surface area contributed by atoms with Crippen molar-refractivity contribution < 1.29 is 14.3 Å². The highest BCUT2D eigenvalue weighted by Crippen LogP contribution is 2.24. The molecule has 1 aliphatic heterocycles. The first-order valence-corrected chi connectivity index (χ1v) is 7.95. The number of methoxy groups -OCH3 is 1. The molecule has 1 atom stereocenters. The molecule has 0 aliphatic carbocycles. The summed E-state index contributed by atoms with van der Waals surface area (Å²) in [7, 11) is 1.60. The summed E-state index contributed by atoms with van der Waals surface area (Å²) in [4.78, 5) is 26.1. The minimum Gasteiger partial charge on any atom is -0.497 e. The van der Waals surface area contributed by atoms with E-state index in [0.29, 0.717) is 17.1 Å². The van der Waals surface area contributed by atoms with E-state index in [1.807, 2.05) is 24.3 Å². The predicted octanol–water partition coefficient (Wildman–Crippen LogP) is 2.88. The minimum atomic E-state index is -0.220. The molecule has 0 spiro atoms. The summed E-state index contributed by atoms with van der Waals surface area (Å²) in [5.74, 6) is 0.514. The summed E-state index contributed by atoms with van der Waals surface area (Å²) in [5.41, 5.74) is 1.32. The third kappa shape index (κ3) is 3.51. The zero-order valence-electron chi connectivity index (χ0n) is 13.2. The number of amides is 2. The monoisotopic (exact) mass is 344 g/mol. The molecule has 1 heterocycles. The molecule has 2 aromatic rings. The lowest BCUT2D eigenvalue weighted by atomic mass is 10.2. The van der Waals surface area contributed by atoms with Crippen LogP contribution in [0.15, 0.2) is 48.5 Å². The number of carbonyl (C=O) groups is 2. The topological polar surface area (TPSA) is 58.6 Å². The number of nitrogens with one attached hydrogen (secondary N) is 1. The summed E-state index contributed by atoms with van der Waals surface area (Å²) < 4.78 is 5.12. The molecule has 1 fully saturated rings. The first kappa shape index (κ1) is 16.3. The van der Waals surface area contributed by atoms with Crippen LogP contribution < -0.4 is 15.0 Å². The molecular weight excluding hydrogens is 328 g/mol. The number of hydrogen-bond acceptors (Lipinski definition) is 3. The van der Waals surface area contributed by atoms with Crippen molar-refractivity contribution >= 4 is 29.1 Å². The van der Waals surface area contributed by atoms with Crippen LogP contribution in [0.4, 0.5) is 5.69 Å². The minimum absolute atomic E-state index is 0.0124. The van der Waals surface area contributed by atoms with Crippen LogP contribution in [0.5, 0.6) is 5.75 Å². The maximum Gasteiger partial charge on any atom is 0.251 e. The Morgan fingerprint density at radius 2 is 1.83 bits per heavy atom. The number of halogens is 1. The van der Waals surface area contributed by atoms with Gasteiger partial charge < -0.3 is 15.0 Å². The van der Waals surface area contributed by atoms with Crippen molar-refractivity contribution in [3.05, 3.63) is 59.1 Å². The largest absolute Gasteiger partial charge is 0.497 e. The molecule has 1 saturated heterocycles. The van der Waals surface area contributed by atoms with Gasteiger partial charge in [-0.3, -0.25) is 9.59 Å². The van der Waals surface area contributed by atoms with Gasteiger partial charge in [-0.1, -0.05) is 11.6 Å². The third-order valence-corrected chi connectivity index (χ3v) is 4.20. The predicted molar refractivity (Wildman–Crippen MR) is 92.7 cm³/mol. The van der Waals surface area contributed by atoms with Crippen molar-refractivity contribution in [1.82, 2.24) is 5.32 Å². The van der Waals surface area contributed by atoms with Crippen LogP contribution in [-0.4, -0.2) is 31.5 Å². The zero-order valence-corrected chi connectivity index (χ0v) is 13.9. The molecular formula is C18H17ClN2O3. The fourth-order valence-corrected chi connectivity index (χ4v) is 2.81. The van der Waals surface area contributed by atoms with Crippen LogP contribution in [-0.2, 0) is 4.79 Å². The Bertz CT molecular complexity index is 744. The normalized spacial score (nSPS) is 17.0. The summed E-state index contributed by atoms with van der Waals surface area (Å²) in [6.07, 6.45) is 0.283. The van der Waals surface area contributed by atoms with Crippen molar-refractivity contribution in [2.45, 2.75) is 12.5 Å². The lowest BCUT2D eigenvalue weighted by Crippen LogP contribution is -2.37. The van der Waals surface area contributed by atoms with Crippen LogP contribution in [0.2, 0.25) is 5.02 Å². The number of ether oxygens (including phenoxy) is 1. The number of carbonyl (C=O) groups excluding carboxylic acids is 2. The van der Waals surface area contributed by atoms with Gasteiger partial charge in [-0.05, 0) is 48.5 Å². The third-order valence-electron chi connectivity index (χ3n) is 3.95. The highest BCUT2D eigenvalue weighted by atomic mass is 35.5. The van der Waals surface area contributed by atoms with Crippen molar-refractivity contribution in [1.29, 1.82) is 0 Å². The van der Waals surface area contributed by atoms with Crippen molar-refractivity contribution in [2.24, 2.45) is 0 Å². The van der Waals surface area contributed by atoms with Crippen LogP contribution in [0.25, 0.3) is 0 Å². The quantitative estimate of drug-likeness (QED) is 0.927. The van der Waals surface area contributed by atoms with Gasteiger partial charge in [0.1, 0.15) is 5.75 Å². The number of rotatable bonds is 4. The molecule has 0 radical (unpaired) electrons. The lowest BCUT2D eigenvalue weighted by molar-refractivity contribution is -0.117. The Hall–Kier alpha value is -2.53. The molecule has 6 heteroatoms. The van der Waals surface area contributed by atoms with E-state index < -0.39 is 0 Å². The van der Waals surface area contributed by atoms with Gasteiger partial charge in [0.05, 0.1) is 13.2 Å². The van der Waals surface area contributed by atoms with E-state index in [1.165, 1.54) is 0 Å². The average molecular weight is 345 g/mol. The van der Waals surface area contributed by atoms with Gasteiger partial charge in [0.2, 0.25) is 5.91 Å². The van der Waals surface area contributed by atoms with Crippen molar-refractivity contribution in [3.8, 4) is 5.75 Å². The summed E-state index contributed by atoms with van der Waals surface area (Å²) in [6.45, 7) is 0.449. The van der Waals surface area contributed by atoms with E-state index in [-0.39, 0.29) is 24.3 Å². The Morgan fingerprint density at radius 3 is 2.46 bits per heavy atom. The summed E-state index contributed by atoms with van der Waals surface area (Å²) >= 11 is 5.82. The maximum absolute atomic E-state index is 12.2. The smallest absolute Gasteiger partial charge is 0.251 e. The fraction of sp³-hybridized carbons (Fsp3) is 0.222. The van der Waals surface area contributed by atoms with Gasteiger partial charge in [-0.15, -0.1) is 0 Å². The molecule has 1 aliphatic rings. The molecule has 2 aromatic carbocycles. The van der Waals surface area contributed by atoms with E-state index in [2.05, 4.69) is 5.32 Å². The zero-order chi connectivity index (χ0) is 17.1. The van der Waals surface area contributed by atoms with Gasteiger partial charge in [-0.2, -0.15) is 0 Å². The van der Waals surface area contributed by atoms with Crippen LogP contribution >= 0.6 is 11.6 Å². The van der Waals surface area contributed by atoms with E-state index in [9.17, 15) is 9.59 Å². The van der Waals surface area contributed by atoms with Crippen LogP contribution in [0, 0.1) is 0 Å². The Labute approximate surface area is 145 Å². The van der Waals surface area contributed by atoms with E-state index in [0.717, 1.165) is 11.4 Å². The van der Waals surface area contributed by atoms with Crippen LogP contribution in [0.3, 0.4) is 0 Å². The summed E-state index contributed by atoms with van der Waals surface area (Å²) in [5, 5.41) is 3.48. The van der Waals surface area contributed by atoms with Crippen molar-refractivity contribution in [3.63, 3.8) is 0 Å². The second kappa shape index (κ2) is 6.93. The second-order valence-electron chi connectivity index (χ2n) is 5.58. The Kier molecular flexibility index (Phi) is 4.71. The summed E-state index contributed by atoms with van der Waals surface area (Å²) in [6, 6.07) is 13.7. The van der Waals surface area contributed by atoms with Crippen LogP contribution in [0.1, 0.15) is 16.8 Å².